The Hall–Kier alpha value is -3.68. The predicted octanol–water partition coefficient (Wildman–Crippen LogP) is 3.23. The molecule has 1 N–H and O–H groups in total. The first kappa shape index (κ1) is 18.7. The zero-order valence-corrected chi connectivity index (χ0v) is 16.1. The van der Waals surface area contributed by atoms with Gasteiger partial charge in [-0.1, -0.05) is 23.4 Å². The molecule has 2 aromatic heterocycles. The van der Waals surface area contributed by atoms with E-state index >= 15 is 0 Å². The molecule has 0 aliphatic heterocycles. The van der Waals surface area contributed by atoms with Crippen LogP contribution in [0.25, 0.3) is 22.0 Å². The van der Waals surface area contributed by atoms with Gasteiger partial charge in [0.05, 0.1) is 17.1 Å². The molecule has 148 valence electrons. The molecule has 4 aromatic rings. The average Bonchev–Trinajstić information content (AvgIpc) is 3.35. The highest BCUT2D eigenvalue weighted by Gasteiger charge is 2.17. The quantitative estimate of drug-likeness (QED) is 0.506. The van der Waals surface area contributed by atoms with Gasteiger partial charge in [-0.2, -0.15) is 0 Å². The summed E-state index contributed by atoms with van der Waals surface area (Å²) in [5.41, 5.74) is 2.51. The summed E-state index contributed by atoms with van der Waals surface area (Å²) in [4.78, 5) is 24.4. The van der Waals surface area contributed by atoms with Gasteiger partial charge >= 0.3 is 5.97 Å². The maximum Gasteiger partial charge on any atom is 0.338 e. The molecule has 1 atom stereocenters. The van der Waals surface area contributed by atoms with Crippen molar-refractivity contribution in [2.45, 2.75) is 26.4 Å². The molecule has 2 heterocycles. The van der Waals surface area contributed by atoms with Crippen molar-refractivity contribution in [3.05, 3.63) is 59.9 Å². The molecule has 29 heavy (non-hydrogen) atoms. The highest BCUT2D eigenvalue weighted by molar-refractivity contribution is 5.94. The number of hydrogen-bond donors (Lipinski definition) is 1. The third-order valence-electron chi connectivity index (χ3n) is 4.63. The van der Waals surface area contributed by atoms with Gasteiger partial charge in [-0.05, 0) is 44.2 Å². The number of amides is 1. The Balaban J connectivity index is 1.35. The minimum atomic E-state index is -0.593. The second-order valence-corrected chi connectivity index (χ2v) is 6.66. The lowest BCUT2D eigenvalue weighted by Gasteiger charge is -2.11. The molecule has 8 nitrogen and oxygen atoms in total. The fraction of sp³-hybridized carbons (Fsp3) is 0.238. The van der Waals surface area contributed by atoms with E-state index < -0.39 is 11.9 Å². The lowest BCUT2D eigenvalue weighted by Crippen LogP contribution is -2.31. The van der Waals surface area contributed by atoms with Crippen molar-refractivity contribution in [1.82, 2.24) is 20.3 Å². The minimum Gasteiger partial charge on any atom is -0.459 e. The van der Waals surface area contributed by atoms with Crippen LogP contribution >= 0.6 is 0 Å². The zero-order valence-electron chi connectivity index (χ0n) is 16.1. The summed E-state index contributed by atoms with van der Waals surface area (Å²) in [5, 5.41) is 11.8. The van der Waals surface area contributed by atoms with Crippen molar-refractivity contribution in [1.29, 1.82) is 0 Å². The number of aryl methyl sites for hydroxylation is 1. The van der Waals surface area contributed by atoms with Crippen LogP contribution < -0.4 is 5.32 Å². The van der Waals surface area contributed by atoms with Gasteiger partial charge in [0.15, 0.2) is 6.61 Å². The Kier molecular flexibility index (Phi) is 4.99. The van der Waals surface area contributed by atoms with E-state index in [9.17, 15) is 9.59 Å². The van der Waals surface area contributed by atoms with E-state index in [4.69, 9.17) is 9.15 Å². The molecule has 0 aliphatic rings. The summed E-state index contributed by atoms with van der Waals surface area (Å²) in [6, 6.07) is 14.1. The molecule has 2 aromatic carbocycles. The van der Waals surface area contributed by atoms with Gasteiger partial charge in [0.1, 0.15) is 16.9 Å². The highest BCUT2D eigenvalue weighted by Crippen LogP contribution is 2.23. The number of para-hydroxylation sites is 1. The first-order valence-electron chi connectivity index (χ1n) is 9.33. The van der Waals surface area contributed by atoms with E-state index in [1.165, 1.54) is 0 Å². The molecule has 0 spiro atoms. The van der Waals surface area contributed by atoms with Gasteiger partial charge in [-0.3, -0.25) is 4.79 Å². The van der Waals surface area contributed by atoms with Crippen LogP contribution in [0.4, 0.5) is 0 Å². The molecule has 4 rings (SSSR count). The smallest absolute Gasteiger partial charge is 0.338 e. The molecule has 0 unspecified atom stereocenters. The standard InChI is InChI=1S/C21H20N4O4/c1-3-25-17-9-8-15(10-16(17)23-24-25)21(27)28-12-20(26)22-13(2)19-11-14-6-4-5-7-18(14)29-19/h4-11,13H,3,12H2,1-2H3,(H,22,26)/t13-/m1/s1. The Morgan fingerprint density at radius 3 is 2.83 bits per heavy atom. The molecule has 0 saturated carbocycles. The minimum absolute atomic E-state index is 0.318. The summed E-state index contributed by atoms with van der Waals surface area (Å²) in [7, 11) is 0. The van der Waals surface area contributed by atoms with Crippen LogP contribution in [0.1, 0.15) is 36.0 Å². The van der Waals surface area contributed by atoms with Crippen LogP contribution in [0.2, 0.25) is 0 Å². The number of fused-ring (bicyclic) bond motifs is 2. The van der Waals surface area contributed by atoms with Crippen molar-refractivity contribution in [2.75, 3.05) is 6.61 Å². The molecular formula is C21H20N4O4. The van der Waals surface area contributed by atoms with E-state index in [-0.39, 0.29) is 12.6 Å². The molecule has 0 aliphatic carbocycles. The Bertz CT molecular complexity index is 1160. The van der Waals surface area contributed by atoms with Crippen molar-refractivity contribution < 1.29 is 18.7 Å². The molecule has 0 saturated heterocycles. The lowest BCUT2D eigenvalue weighted by molar-refractivity contribution is -0.125. The summed E-state index contributed by atoms with van der Waals surface area (Å²) in [5.74, 6) is -0.371. The molecule has 0 fully saturated rings. The van der Waals surface area contributed by atoms with E-state index in [1.54, 1.807) is 22.9 Å². The van der Waals surface area contributed by atoms with Crippen molar-refractivity contribution in [3.63, 3.8) is 0 Å². The second kappa shape index (κ2) is 7.75. The monoisotopic (exact) mass is 392 g/mol. The van der Waals surface area contributed by atoms with Crippen molar-refractivity contribution in [3.8, 4) is 0 Å². The van der Waals surface area contributed by atoms with Crippen LogP contribution in [-0.2, 0) is 16.1 Å². The van der Waals surface area contributed by atoms with Crippen LogP contribution in [-0.4, -0.2) is 33.5 Å². The summed E-state index contributed by atoms with van der Waals surface area (Å²) < 4.78 is 12.6. The fourth-order valence-electron chi connectivity index (χ4n) is 3.12. The third kappa shape index (κ3) is 3.82. The fourth-order valence-corrected chi connectivity index (χ4v) is 3.12. The van der Waals surface area contributed by atoms with Gasteiger partial charge in [0, 0.05) is 11.9 Å². The first-order valence-corrected chi connectivity index (χ1v) is 9.33. The van der Waals surface area contributed by atoms with Gasteiger partial charge in [0.2, 0.25) is 0 Å². The van der Waals surface area contributed by atoms with Crippen molar-refractivity contribution in [2.24, 2.45) is 0 Å². The number of aromatic nitrogens is 3. The van der Waals surface area contributed by atoms with E-state index in [0.29, 0.717) is 23.4 Å². The average molecular weight is 392 g/mol. The highest BCUT2D eigenvalue weighted by atomic mass is 16.5. The Labute approximate surface area is 166 Å². The SMILES string of the molecule is CCn1nnc2cc(C(=O)OCC(=O)N[C@H](C)c3cc4ccccc4o3)ccc21. The predicted molar refractivity (Wildman–Crippen MR) is 106 cm³/mol. The summed E-state index contributed by atoms with van der Waals surface area (Å²) in [6.07, 6.45) is 0. The number of carbonyl (C=O) groups is 2. The van der Waals surface area contributed by atoms with Gasteiger partial charge in [-0.25, -0.2) is 9.48 Å². The van der Waals surface area contributed by atoms with E-state index in [2.05, 4.69) is 15.6 Å². The number of carbonyl (C=O) groups excluding carboxylic acids is 2. The normalized spacial score (nSPS) is 12.2. The number of nitrogens with one attached hydrogen (secondary N) is 1. The third-order valence-corrected chi connectivity index (χ3v) is 4.63. The summed E-state index contributed by atoms with van der Waals surface area (Å²) in [6.45, 7) is 4.07. The molecule has 0 radical (unpaired) electrons. The second-order valence-electron chi connectivity index (χ2n) is 6.66. The maximum atomic E-state index is 12.3. The Morgan fingerprint density at radius 1 is 1.21 bits per heavy atom. The lowest BCUT2D eigenvalue weighted by atomic mass is 10.2. The topological polar surface area (TPSA) is 99.3 Å². The number of furan rings is 1. The van der Waals surface area contributed by atoms with Gasteiger partial charge in [-0.15, -0.1) is 5.10 Å². The summed E-state index contributed by atoms with van der Waals surface area (Å²) >= 11 is 0. The van der Waals surface area contributed by atoms with Crippen LogP contribution in [0.3, 0.4) is 0 Å². The number of hydrogen-bond acceptors (Lipinski definition) is 6. The largest absolute Gasteiger partial charge is 0.459 e. The van der Waals surface area contributed by atoms with Crippen LogP contribution in [0.15, 0.2) is 52.9 Å². The molecule has 8 heteroatoms. The van der Waals surface area contributed by atoms with E-state index in [0.717, 1.165) is 16.5 Å². The van der Waals surface area contributed by atoms with Crippen molar-refractivity contribution >= 4 is 33.9 Å². The van der Waals surface area contributed by atoms with Gasteiger partial charge in [0.25, 0.3) is 5.91 Å². The number of rotatable bonds is 6. The molecular weight excluding hydrogens is 372 g/mol. The maximum absolute atomic E-state index is 12.3. The van der Waals surface area contributed by atoms with E-state index in [1.807, 2.05) is 44.2 Å². The Morgan fingerprint density at radius 2 is 2.03 bits per heavy atom. The van der Waals surface area contributed by atoms with Gasteiger partial charge < -0.3 is 14.5 Å². The first-order chi connectivity index (χ1) is 14.0. The number of ether oxygens (including phenoxy) is 1. The number of benzene rings is 2. The van der Waals surface area contributed by atoms with Crippen LogP contribution in [0.5, 0.6) is 0 Å². The van der Waals surface area contributed by atoms with Crippen LogP contribution in [0, 0.1) is 0 Å². The number of esters is 1. The molecule has 1 amide bonds. The molecule has 0 bridgehead atoms. The zero-order chi connectivity index (χ0) is 20.4. The number of nitrogens with zero attached hydrogens (tertiary/aromatic N) is 3.